The van der Waals surface area contributed by atoms with Gasteiger partial charge in [-0.25, -0.2) is 9.97 Å². The van der Waals surface area contributed by atoms with E-state index >= 15 is 0 Å². The molecule has 0 atom stereocenters. The second-order valence-electron chi connectivity index (χ2n) is 4.96. The van der Waals surface area contributed by atoms with Crippen LogP contribution in [0.4, 0.5) is 5.82 Å². The molecule has 0 aliphatic heterocycles. The minimum Gasteiger partial charge on any atom is -0.370 e. The van der Waals surface area contributed by atoms with Crippen LogP contribution in [0.2, 0.25) is 0 Å². The van der Waals surface area contributed by atoms with Crippen molar-refractivity contribution in [2.24, 2.45) is 0 Å². The summed E-state index contributed by atoms with van der Waals surface area (Å²) in [5.74, 6) is 2.15. The zero-order valence-electron chi connectivity index (χ0n) is 12.1. The van der Waals surface area contributed by atoms with Crippen molar-refractivity contribution in [2.75, 3.05) is 11.9 Å². The summed E-state index contributed by atoms with van der Waals surface area (Å²) in [6.07, 6.45) is 0. The van der Waals surface area contributed by atoms with E-state index in [9.17, 15) is 0 Å². The van der Waals surface area contributed by atoms with E-state index in [0.29, 0.717) is 5.92 Å². The van der Waals surface area contributed by atoms with Crippen molar-refractivity contribution in [1.29, 1.82) is 0 Å². The Morgan fingerprint density at radius 2 is 1.79 bits per heavy atom. The summed E-state index contributed by atoms with van der Waals surface area (Å²) in [6, 6.07) is 10.3. The van der Waals surface area contributed by atoms with Crippen LogP contribution in [0.5, 0.6) is 0 Å². The SMILES string of the molecule is CCNc1nc(C(C)C)nc(-c2ccccc2)c1C. The number of rotatable bonds is 4. The van der Waals surface area contributed by atoms with Gasteiger partial charge in [-0.05, 0) is 13.8 Å². The van der Waals surface area contributed by atoms with Crippen molar-refractivity contribution in [3.63, 3.8) is 0 Å². The van der Waals surface area contributed by atoms with Gasteiger partial charge in [0.15, 0.2) is 0 Å². The summed E-state index contributed by atoms with van der Waals surface area (Å²) in [5, 5.41) is 3.33. The Morgan fingerprint density at radius 3 is 2.37 bits per heavy atom. The number of hydrogen-bond acceptors (Lipinski definition) is 3. The molecule has 0 fully saturated rings. The van der Waals surface area contributed by atoms with Crippen molar-refractivity contribution in [3.05, 3.63) is 41.7 Å². The topological polar surface area (TPSA) is 37.8 Å². The highest BCUT2D eigenvalue weighted by atomic mass is 15.0. The first-order valence-electron chi connectivity index (χ1n) is 6.81. The Hall–Kier alpha value is -1.90. The van der Waals surface area contributed by atoms with Gasteiger partial charge in [0, 0.05) is 23.6 Å². The Morgan fingerprint density at radius 1 is 1.11 bits per heavy atom. The first kappa shape index (κ1) is 13.5. The Balaban J connectivity index is 2.59. The zero-order valence-corrected chi connectivity index (χ0v) is 12.1. The molecule has 19 heavy (non-hydrogen) atoms. The predicted molar refractivity (Wildman–Crippen MR) is 80.5 cm³/mol. The normalized spacial score (nSPS) is 10.8. The fourth-order valence-corrected chi connectivity index (χ4v) is 2.01. The average molecular weight is 255 g/mol. The molecule has 3 nitrogen and oxygen atoms in total. The van der Waals surface area contributed by atoms with Crippen molar-refractivity contribution in [2.45, 2.75) is 33.6 Å². The number of benzene rings is 1. The van der Waals surface area contributed by atoms with Crippen molar-refractivity contribution >= 4 is 5.82 Å². The fraction of sp³-hybridized carbons (Fsp3) is 0.375. The number of nitrogens with zero attached hydrogens (tertiary/aromatic N) is 2. The second kappa shape index (κ2) is 5.83. The van der Waals surface area contributed by atoms with Gasteiger partial charge in [-0.1, -0.05) is 44.2 Å². The number of anilines is 1. The number of aromatic nitrogens is 2. The molecule has 2 aromatic rings. The van der Waals surface area contributed by atoms with Crippen LogP contribution >= 0.6 is 0 Å². The zero-order chi connectivity index (χ0) is 13.8. The highest BCUT2D eigenvalue weighted by Crippen LogP contribution is 2.27. The van der Waals surface area contributed by atoms with E-state index < -0.39 is 0 Å². The van der Waals surface area contributed by atoms with E-state index in [-0.39, 0.29) is 0 Å². The second-order valence-corrected chi connectivity index (χ2v) is 4.96. The van der Waals surface area contributed by atoms with Gasteiger partial charge in [-0.3, -0.25) is 0 Å². The molecule has 100 valence electrons. The third-order valence-corrected chi connectivity index (χ3v) is 3.07. The molecule has 0 spiro atoms. The molecular formula is C16H21N3. The molecule has 0 unspecified atom stereocenters. The standard InChI is InChI=1S/C16H21N3/c1-5-17-16-12(4)14(13-9-7-6-8-10-13)18-15(19-16)11(2)3/h6-11H,5H2,1-4H3,(H,17,18,19). The average Bonchev–Trinajstić information content (AvgIpc) is 2.42. The molecule has 0 aliphatic rings. The van der Waals surface area contributed by atoms with Crippen LogP contribution < -0.4 is 5.32 Å². The van der Waals surface area contributed by atoms with Gasteiger partial charge < -0.3 is 5.32 Å². The van der Waals surface area contributed by atoms with Crippen LogP contribution in [-0.4, -0.2) is 16.5 Å². The summed E-state index contributed by atoms with van der Waals surface area (Å²) in [4.78, 5) is 9.36. The molecule has 2 rings (SSSR count). The molecule has 0 amide bonds. The lowest BCUT2D eigenvalue weighted by Crippen LogP contribution is -2.08. The van der Waals surface area contributed by atoms with E-state index in [1.165, 1.54) is 0 Å². The monoisotopic (exact) mass is 255 g/mol. The lowest BCUT2D eigenvalue weighted by molar-refractivity contribution is 0.774. The molecule has 0 bridgehead atoms. The van der Waals surface area contributed by atoms with Crippen LogP contribution in [0, 0.1) is 6.92 Å². The quantitative estimate of drug-likeness (QED) is 0.897. The molecule has 1 aromatic heterocycles. The van der Waals surface area contributed by atoms with Crippen molar-refractivity contribution in [3.8, 4) is 11.3 Å². The number of nitrogens with one attached hydrogen (secondary N) is 1. The smallest absolute Gasteiger partial charge is 0.133 e. The van der Waals surface area contributed by atoms with Gasteiger partial charge in [0.1, 0.15) is 11.6 Å². The molecule has 1 N–H and O–H groups in total. The van der Waals surface area contributed by atoms with Crippen LogP contribution in [0.3, 0.4) is 0 Å². The first-order chi connectivity index (χ1) is 9.13. The highest BCUT2D eigenvalue weighted by Gasteiger charge is 2.13. The first-order valence-corrected chi connectivity index (χ1v) is 6.81. The minimum absolute atomic E-state index is 0.320. The molecular weight excluding hydrogens is 234 g/mol. The van der Waals surface area contributed by atoms with Gasteiger partial charge in [0.2, 0.25) is 0 Å². The van der Waals surface area contributed by atoms with Crippen molar-refractivity contribution in [1.82, 2.24) is 9.97 Å². The third-order valence-electron chi connectivity index (χ3n) is 3.07. The molecule has 0 aliphatic carbocycles. The van der Waals surface area contributed by atoms with Gasteiger partial charge in [-0.2, -0.15) is 0 Å². The van der Waals surface area contributed by atoms with Gasteiger partial charge in [0.25, 0.3) is 0 Å². The molecule has 0 saturated heterocycles. The van der Waals surface area contributed by atoms with E-state index in [2.05, 4.69) is 50.1 Å². The van der Waals surface area contributed by atoms with Crippen LogP contribution in [0.15, 0.2) is 30.3 Å². The van der Waals surface area contributed by atoms with Crippen LogP contribution in [0.25, 0.3) is 11.3 Å². The summed E-state index contributed by atoms with van der Waals surface area (Å²) < 4.78 is 0. The molecule has 1 aromatic carbocycles. The van der Waals surface area contributed by atoms with Crippen molar-refractivity contribution < 1.29 is 0 Å². The lowest BCUT2D eigenvalue weighted by Gasteiger charge is -2.15. The van der Waals surface area contributed by atoms with Gasteiger partial charge in [0.05, 0.1) is 5.69 Å². The van der Waals surface area contributed by atoms with E-state index in [4.69, 9.17) is 4.98 Å². The van der Waals surface area contributed by atoms with Gasteiger partial charge >= 0.3 is 0 Å². The molecule has 1 heterocycles. The maximum Gasteiger partial charge on any atom is 0.133 e. The fourth-order valence-electron chi connectivity index (χ4n) is 2.01. The summed E-state index contributed by atoms with van der Waals surface area (Å²) in [5.41, 5.74) is 3.27. The maximum absolute atomic E-state index is 4.73. The predicted octanol–water partition coefficient (Wildman–Crippen LogP) is 4.01. The molecule has 3 heteroatoms. The Bertz CT molecular complexity index is 547. The minimum atomic E-state index is 0.320. The molecule has 0 saturated carbocycles. The summed E-state index contributed by atoms with van der Waals surface area (Å²) in [7, 11) is 0. The van der Waals surface area contributed by atoms with Crippen LogP contribution in [-0.2, 0) is 0 Å². The van der Waals surface area contributed by atoms with Gasteiger partial charge in [-0.15, -0.1) is 0 Å². The molecule has 0 radical (unpaired) electrons. The maximum atomic E-state index is 4.73. The summed E-state index contributed by atoms with van der Waals surface area (Å²) in [6.45, 7) is 9.26. The summed E-state index contributed by atoms with van der Waals surface area (Å²) >= 11 is 0. The van der Waals surface area contributed by atoms with E-state index in [0.717, 1.165) is 35.0 Å². The third kappa shape index (κ3) is 2.92. The number of hydrogen-bond donors (Lipinski definition) is 1. The van der Waals surface area contributed by atoms with E-state index in [1.54, 1.807) is 0 Å². The highest BCUT2D eigenvalue weighted by molar-refractivity contribution is 5.68. The van der Waals surface area contributed by atoms with E-state index in [1.807, 2.05) is 18.2 Å². The Labute approximate surface area is 115 Å². The Kier molecular flexibility index (Phi) is 4.15. The van der Waals surface area contributed by atoms with Crippen LogP contribution in [0.1, 0.15) is 38.1 Å². The lowest BCUT2D eigenvalue weighted by atomic mass is 10.1. The largest absolute Gasteiger partial charge is 0.370 e.